The first-order chi connectivity index (χ1) is 12.3. The van der Waals surface area contributed by atoms with Gasteiger partial charge >= 0.3 is 6.03 Å². The molecule has 2 amide bonds. The van der Waals surface area contributed by atoms with Crippen LogP contribution in [0.25, 0.3) is 0 Å². The first-order valence-electron chi connectivity index (χ1n) is 8.49. The zero-order valence-electron chi connectivity index (χ0n) is 13.8. The number of fused-ring (bicyclic) bond motifs is 1. The number of rotatable bonds is 5. The first-order valence-corrected chi connectivity index (χ1v) is 9.31. The van der Waals surface area contributed by atoms with Gasteiger partial charge in [0.15, 0.2) is 11.5 Å². The van der Waals surface area contributed by atoms with Crippen LogP contribution in [0, 0.1) is 5.92 Å². The second-order valence-corrected chi connectivity index (χ2v) is 7.30. The van der Waals surface area contributed by atoms with Crippen molar-refractivity contribution >= 4 is 23.5 Å². The summed E-state index contributed by atoms with van der Waals surface area (Å²) in [6, 6.07) is 13.7. The Morgan fingerprint density at radius 2 is 1.80 bits per heavy atom. The lowest BCUT2D eigenvalue weighted by Gasteiger charge is -2.21. The molecule has 2 aromatic carbocycles. The minimum absolute atomic E-state index is 0.182. The van der Waals surface area contributed by atoms with Crippen molar-refractivity contribution in [1.82, 2.24) is 5.32 Å². The van der Waals surface area contributed by atoms with Gasteiger partial charge in [-0.25, -0.2) is 4.79 Å². The monoisotopic (exact) mass is 356 g/mol. The van der Waals surface area contributed by atoms with Crippen LogP contribution in [-0.2, 0) is 0 Å². The van der Waals surface area contributed by atoms with E-state index in [1.54, 1.807) is 11.8 Å². The Morgan fingerprint density at radius 1 is 1.08 bits per heavy atom. The molecule has 2 aliphatic rings. The lowest BCUT2D eigenvalue weighted by Crippen LogP contribution is -2.30. The van der Waals surface area contributed by atoms with Crippen molar-refractivity contribution in [3.05, 3.63) is 42.5 Å². The summed E-state index contributed by atoms with van der Waals surface area (Å²) in [5, 5.41) is 5.89. The molecule has 0 aromatic heterocycles. The zero-order valence-corrected chi connectivity index (χ0v) is 14.6. The molecule has 25 heavy (non-hydrogen) atoms. The van der Waals surface area contributed by atoms with Gasteiger partial charge < -0.3 is 20.1 Å². The molecule has 5 nitrogen and oxygen atoms in total. The molecule has 0 atom stereocenters. The van der Waals surface area contributed by atoms with Crippen molar-refractivity contribution in [2.75, 3.05) is 25.1 Å². The van der Waals surface area contributed by atoms with Crippen LogP contribution in [0.3, 0.4) is 0 Å². The Labute approximate surface area is 151 Å². The Kier molecular flexibility index (Phi) is 4.70. The summed E-state index contributed by atoms with van der Waals surface area (Å²) in [7, 11) is 0. The maximum absolute atomic E-state index is 12.2. The standard InChI is InChI=1S/C19H20N2O3S/c22-19(20-12-13-6-7-13)21-15-10-16-17(24-9-8-23-16)11-18(15)25-14-4-2-1-3-5-14/h1-5,10-11,13H,6-9,12H2,(H2,20,21,22). The molecule has 1 heterocycles. The third-order valence-corrected chi connectivity index (χ3v) is 5.18. The summed E-state index contributed by atoms with van der Waals surface area (Å²) in [6.07, 6.45) is 2.42. The Bertz CT molecular complexity index is 763. The summed E-state index contributed by atoms with van der Waals surface area (Å²) >= 11 is 1.59. The van der Waals surface area contributed by atoms with E-state index in [1.807, 2.05) is 42.5 Å². The van der Waals surface area contributed by atoms with E-state index in [-0.39, 0.29) is 6.03 Å². The van der Waals surface area contributed by atoms with Crippen LogP contribution in [0.1, 0.15) is 12.8 Å². The minimum Gasteiger partial charge on any atom is -0.486 e. The number of carbonyl (C=O) groups excluding carboxylic acids is 1. The molecule has 0 radical (unpaired) electrons. The van der Waals surface area contributed by atoms with Crippen molar-refractivity contribution in [2.45, 2.75) is 22.6 Å². The molecule has 1 aliphatic heterocycles. The summed E-state index contributed by atoms with van der Waals surface area (Å²) < 4.78 is 11.3. The predicted molar refractivity (Wildman–Crippen MR) is 97.7 cm³/mol. The average molecular weight is 356 g/mol. The van der Waals surface area contributed by atoms with E-state index in [0.717, 1.165) is 22.0 Å². The Balaban J connectivity index is 1.56. The maximum atomic E-state index is 12.2. The Morgan fingerprint density at radius 3 is 2.52 bits per heavy atom. The molecule has 0 unspecified atom stereocenters. The normalized spacial score (nSPS) is 15.5. The van der Waals surface area contributed by atoms with E-state index in [0.29, 0.717) is 30.6 Å². The quantitative estimate of drug-likeness (QED) is 0.845. The zero-order chi connectivity index (χ0) is 17.1. The van der Waals surface area contributed by atoms with Crippen LogP contribution >= 0.6 is 11.8 Å². The molecule has 0 saturated heterocycles. The SMILES string of the molecule is O=C(NCC1CC1)Nc1cc2c(cc1Sc1ccccc1)OCCO2. The van der Waals surface area contributed by atoms with Gasteiger partial charge in [-0.2, -0.15) is 0 Å². The molecule has 2 aromatic rings. The second-order valence-electron chi connectivity index (χ2n) is 6.19. The number of hydrogen-bond donors (Lipinski definition) is 2. The van der Waals surface area contributed by atoms with Crippen molar-refractivity contribution in [2.24, 2.45) is 5.92 Å². The van der Waals surface area contributed by atoms with E-state index in [9.17, 15) is 4.79 Å². The number of benzene rings is 2. The van der Waals surface area contributed by atoms with Crippen molar-refractivity contribution < 1.29 is 14.3 Å². The van der Waals surface area contributed by atoms with Crippen molar-refractivity contribution in [1.29, 1.82) is 0 Å². The topological polar surface area (TPSA) is 59.6 Å². The molecule has 0 spiro atoms. The minimum atomic E-state index is -0.182. The highest BCUT2D eigenvalue weighted by Gasteiger charge is 2.22. The molecular formula is C19H20N2O3S. The molecule has 0 bridgehead atoms. The van der Waals surface area contributed by atoms with Gasteiger partial charge in [0.2, 0.25) is 0 Å². The van der Waals surface area contributed by atoms with Crippen LogP contribution in [0.2, 0.25) is 0 Å². The van der Waals surface area contributed by atoms with E-state index < -0.39 is 0 Å². The van der Waals surface area contributed by atoms with E-state index in [2.05, 4.69) is 10.6 Å². The van der Waals surface area contributed by atoms with E-state index >= 15 is 0 Å². The number of nitrogens with one attached hydrogen (secondary N) is 2. The van der Waals surface area contributed by atoms with Gasteiger partial charge in [0.1, 0.15) is 13.2 Å². The smallest absolute Gasteiger partial charge is 0.319 e. The number of hydrogen-bond acceptors (Lipinski definition) is 4. The molecule has 1 aliphatic carbocycles. The molecule has 4 rings (SSSR count). The molecule has 2 N–H and O–H groups in total. The number of anilines is 1. The third kappa shape index (κ3) is 4.20. The van der Waals surface area contributed by atoms with Gasteiger partial charge in [0.05, 0.1) is 5.69 Å². The summed E-state index contributed by atoms with van der Waals surface area (Å²) in [5.41, 5.74) is 0.728. The largest absolute Gasteiger partial charge is 0.486 e. The highest BCUT2D eigenvalue weighted by Crippen LogP contribution is 2.42. The van der Waals surface area contributed by atoms with Crippen LogP contribution in [0.5, 0.6) is 11.5 Å². The summed E-state index contributed by atoms with van der Waals surface area (Å²) in [4.78, 5) is 14.2. The summed E-state index contributed by atoms with van der Waals surface area (Å²) in [6.45, 7) is 1.79. The molecular weight excluding hydrogens is 336 g/mol. The average Bonchev–Trinajstić information content (AvgIpc) is 3.46. The third-order valence-electron chi connectivity index (χ3n) is 4.11. The van der Waals surface area contributed by atoms with Crippen molar-refractivity contribution in [3.8, 4) is 11.5 Å². The molecule has 1 fully saturated rings. The lowest BCUT2D eigenvalue weighted by atomic mass is 10.2. The van der Waals surface area contributed by atoms with Crippen LogP contribution in [0.15, 0.2) is 52.3 Å². The van der Waals surface area contributed by atoms with Crippen LogP contribution in [-0.4, -0.2) is 25.8 Å². The van der Waals surface area contributed by atoms with Gasteiger partial charge in [0, 0.05) is 28.5 Å². The van der Waals surface area contributed by atoms with Gasteiger partial charge in [-0.1, -0.05) is 30.0 Å². The number of carbonyl (C=O) groups is 1. The molecule has 6 heteroatoms. The molecule has 1 saturated carbocycles. The van der Waals surface area contributed by atoms with Crippen molar-refractivity contribution in [3.63, 3.8) is 0 Å². The fourth-order valence-corrected chi connectivity index (χ4v) is 3.53. The predicted octanol–water partition coefficient (Wildman–Crippen LogP) is 4.14. The van der Waals surface area contributed by atoms with Gasteiger partial charge in [-0.3, -0.25) is 0 Å². The van der Waals surface area contributed by atoms with Gasteiger partial charge in [-0.05, 0) is 30.9 Å². The van der Waals surface area contributed by atoms with Gasteiger partial charge in [0.25, 0.3) is 0 Å². The second kappa shape index (κ2) is 7.27. The number of urea groups is 1. The first kappa shape index (κ1) is 16.1. The van der Waals surface area contributed by atoms with E-state index in [4.69, 9.17) is 9.47 Å². The maximum Gasteiger partial charge on any atom is 0.319 e. The Hall–Kier alpha value is -2.34. The number of ether oxygens (including phenoxy) is 2. The highest BCUT2D eigenvalue weighted by atomic mass is 32.2. The molecule has 130 valence electrons. The fraction of sp³-hybridized carbons (Fsp3) is 0.316. The summed E-state index contributed by atoms with van der Waals surface area (Å²) in [5.74, 6) is 2.03. The fourth-order valence-electron chi connectivity index (χ4n) is 2.59. The number of amides is 2. The van der Waals surface area contributed by atoms with Gasteiger partial charge in [-0.15, -0.1) is 0 Å². The van der Waals surface area contributed by atoms with Crippen LogP contribution < -0.4 is 20.1 Å². The van der Waals surface area contributed by atoms with Crippen LogP contribution in [0.4, 0.5) is 10.5 Å². The highest BCUT2D eigenvalue weighted by molar-refractivity contribution is 7.99. The van der Waals surface area contributed by atoms with E-state index in [1.165, 1.54) is 12.8 Å². The lowest BCUT2D eigenvalue weighted by molar-refractivity contribution is 0.171.